The highest BCUT2D eigenvalue weighted by Crippen LogP contribution is 2.27. The van der Waals surface area contributed by atoms with E-state index in [0.717, 1.165) is 29.9 Å². The second-order valence-corrected chi connectivity index (χ2v) is 7.08. The number of morpholine rings is 1. The normalized spacial score (nSPS) is 19.6. The Bertz CT molecular complexity index is 923. The molecule has 1 saturated heterocycles. The molecule has 0 aliphatic carbocycles. The molecule has 1 fully saturated rings. The molecule has 0 spiro atoms. The molecular formula is C18H22N6O2. The third-order valence-electron chi connectivity index (χ3n) is 4.24. The van der Waals surface area contributed by atoms with Gasteiger partial charge in [-0.3, -0.25) is 9.67 Å². The Morgan fingerprint density at radius 3 is 2.96 bits per heavy atom. The second kappa shape index (κ2) is 6.62. The van der Waals surface area contributed by atoms with Crippen molar-refractivity contribution in [1.29, 1.82) is 0 Å². The molecule has 3 aromatic heterocycles. The summed E-state index contributed by atoms with van der Waals surface area (Å²) >= 11 is 0. The Labute approximate surface area is 151 Å². The molecule has 0 radical (unpaired) electrons. The van der Waals surface area contributed by atoms with Gasteiger partial charge in [0.2, 0.25) is 5.88 Å². The summed E-state index contributed by atoms with van der Waals surface area (Å²) < 4.78 is 13.8. The fourth-order valence-corrected chi connectivity index (χ4v) is 3.08. The van der Waals surface area contributed by atoms with Gasteiger partial charge in [-0.25, -0.2) is 9.97 Å². The molecule has 1 aliphatic heterocycles. The molecule has 0 amide bonds. The molecule has 1 atom stereocenters. The number of rotatable bonds is 4. The molecule has 0 aromatic carbocycles. The maximum atomic E-state index is 6.06. The topological polar surface area (TPSA) is 87.0 Å². The van der Waals surface area contributed by atoms with Crippen molar-refractivity contribution in [2.75, 3.05) is 19.7 Å². The molecule has 26 heavy (non-hydrogen) atoms. The Morgan fingerprint density at radius 1 is 1.35 bits per heavy atom. The van der Waals surface area contributed by atoms with Crippen LogP contribution in [-0.4, -0.2) is 56.1 Å². The second-order valence-electron chi connectivity index (χ2n) is 7.08. The van der Waals surface area contributed by atoms with Crippen molar-refractivity contribution in [2.45, 2.75) is 25.6 Å². The quantitative estimate of drug-likeness (QED) is 0.761. The molecule has 0 saturated carbocycles. The number of aromatic nitrogens is 5. The summed E-state index contributed by atoms with van der Waals surface area (Å²) in [6.07, 6.45) is 6.93. The van der Waals surface area contributed by atoms with Crippen molar-refractivity contribution in [2.24, 2.45) is 7.05 Å². The standard InChI is InChI=1S/C18H22N6O2/c1-18(2)11-19-8-13(26-18)10-25-17-16-15(20-4-5-21-16)6-14(23-17)12-7-22-24(3)9-12/h4-7,9,13,19H,8,10-11H2,1-3H3. The fraction of sp³-hybridized carbons (Fsp3) is 0.444. The van der Waals surface area contributed by atoms with Crippen LogP contribution in [0.4, 0.5) is 0 Å². The van der Waals surface area contributed by atoms with Gasteiger partial charge >= 0.3 is 0 Å². The zero-order valence-electron chi connectivity index (χ0n) is 15.1. The van der Waals surface area contributed by atoms with Gasteiger partial charge in [0, 0.05) is 44.3 Å². The first kappa shape index (κ1) is 16.9. The smallest absolute Gasteiger partial charge is 0.242 e. The van der Waals surface area contributed by atoms with E-state index in [4.69, 9.17) is 9.47 Å². The summed E-state index contributed by atoms with van der Waals surface area (Å²) in [5, 5.41) is 7.58. The first-order chi connectivity index (χ1) is 12.5. The summed E-state index contributed by atoms with van der Waals surface area (Å²) in [5.74, 6) is 0.460. The van der Waals surface area contributed by atoms with Gasteiger partial charge in [0.25, 0.3) is 0 Å². The minimum Gasteiger partial charge on any atom is -0.473 e. The van der Waals surface area contributed by atoms with E-state index in [2.05, 4.69) is 39.2 Å². The highest BCUT2D eigenvalue weighted by molar-refractivity contribution is 5.83. The van der Waals surface area contributed by atoms with E-state index in [0.29, 0.717) is 18.0 Å². The van der Waals surface area contributed by atoms with Crippen LogP contribution in [0.15, 0.2) is 30.9 Å². The zero-order valence-corrected chi connectivity index (χ0v) is 15.1. The summed E-state index contributed by atoms with van der Waals surface area (Å²) in [7, 11) is 1.87. The molecule has 0 bridgehead atoms. The van der Waals surface area contributed by atoms with Crippen LogP contribution in [0.1, 0.15) is 13.8 Å². The predicted molar refractivity (Wildman–Crippen MR) is 96.9 cm³/mol. The molecule has 8 heteroatoms. The van der Waals surface area contributed by atoms with Crippen molar-refractivity contribution in [3.8, 4) is 17.1 Å². The van der Waals surface area contributed by atoms with Crippen LogP contribution >= 0.6 is 0 Å². The van der Waals surface area contributed by atoms with Gasteiger partial charge in [-0.15, -0.1) is 0 Å². The van der Waals surface area contributed by atoms with E-state index < -0.39 is 0 Å². The Balaban J connectivity index is 1.63. The van der Waals surface area contributed by atoms with E-state index >= 15 is 0 Å². The highest BCUT2D eigenvalue weighted by atomic mass is 16.6. The number of hydrogen-bond acceptors (Lipinski definition) is 7. The van der Waals surface area contributed by atoms with Gasteiger partial charge in [0.05, 0.1) is 23.0 Å². The van der Waals surface area contributed by atoms with Gasteiger partial charge in [0.15, 0.2) is 5.52 Å². The Kier molecular flexibility index (Phi) is 4.29. The maximum absolute atomic E-state index is 6.06. The first-order valence-corrected chi connectivity index (χ1v) is 8.62. The fourth-order valence-electron chi connectivity index (χ4n) is 3.08. The number of aryl methyl sites for hydroxylation is 1. The van der Waals surface area contributed by atoms with Crippen LogP contribution in [-0.2, 0) is 11.8 Å². The molecule has 1 unspecified atom stereocenters. The Morgan fingerprint density at radius 2 is 2.19 bits per heavy atom. The van der Waals surface area contributed by atoms with Crippen LogP contribution < -0.4 is 10.1 Å². The monoisotopic (exact) mass is 354 g/mol. The van der Waals surface area contributed by atoms with Crippen LogP contribution in [0, 0.1) is 0 Å². The van der Waals surface area contributed by atoms with Gasteiger partial charge in [0.1, 0.15) is 12.7 Å². The summed E-state index contributed by atoms with van der Waals surface area (Å²) in [4.78, 5) is 13.4. The lowest BCUT2D eigenvalue weighted by Gasteiger charge is -2.36. The first-order valence-electron chi connectivity index (χ1n) is 8.62. The molecule has 3 aromatic rings. The molecule has 1 aliphatic rings. The van der Waals surface area contributed by atoms with Crippen molar-refractivity contribution < 1.29 is 9.47 Å². The molecule has 1 N–H and O–H groups in total. The SMILES string of the molecule is Cn1cc(-c2cc3nccnc3c(OCC3CNCC(C)(C)O3)n2)cn1. The van der Waals surface area contributed by atoms with E-state index in [1.165, 1.54) is 0 Å². The maximum Gasteiger partial charge on any atom is 0.242 e. The number of fused-ring (bicyclic) bond motifs is 1. The van der Waals surface area contributed by atoms with E-state index in [9.17, 15) is 0 Å². The largest absolute Gasteiger partial charge is 0.473 e. The van der Waals surface area contributed by atoms with Crippen LogP contribution in [0.25, 0.3) is 22.3 Å². The summed E-state index contributed by atoms with van der Waals surface area (Å²) in [6.45, 7) is 6.09. The zero-order chi connectivity index (χ0) is 18.1. The number of pyridine rings is 1. The lowest BCUT2D eigenvalue weighted by atomic mass is 10.1. The third kappa shape index (κ3) is 3.51. The number of ether oxygens (including phenoxy) is 2. The minimum atomic E-state index is -0.209. The molecule has 4 heterocycles. The van der Waals surface area contributed by atoms with E-state index in [1.54, 1.807) is 23.3 Å². The van der Waals surface area contributed by atoms with Gasteiger partial charge < -0.3 is 14.8 Å². The highest BCUT2D eigenvalue weighted by Gasteiger charge is 2.29. The number of nitrogens with one attached hydrogen (secondary N) is 1. The minimum absolute atomic E-state index is 0.0469. The molecule has 8 nitrogen and oxygen atoms in total. The van der Waals surface area contributed by atoms with Crippen LogP contribution in [0.5, 0.6) is 5.88 Å². The van der Waals surface area contributed by atoms with Gasteiger partial charge in [-0.05, 0) is 19.9 Å². The summed E-state index contributed by atoms with van der Waals surface area (Å²) in [6, 6.07) is 1.90. The van der Waals surface area contributed by atoms with Crippen LogP contribution in [0.3, 0.4) is 0 Å². The van der Waals surface area contributed by atoms with E-state index in [1.807, 2.05) is 19.3 Å². The average molecular weight is 354 g/mol. The lowest BCUT2D eigenvalue weighted by Crippen LogP contribution is -2.52. The van der Waals surface area contributed by atoms with E-state index in [-0.39, 0.29) is 11.7 Å². The Hall–Kier alpha value is -2.58. The third-order valence-corrected chi connectivity index (χ3v) is 4.24. The molecular weight excluding hydrogens is 332 g/mol. The van der Waals surface area contributed by atoms with Gasteiger partial charge in [-0.2, -0.15) is 5.10 Å². The van der Waals surface area contributed by atoms with Crippen molar-refractivity contribution >= 4 is 11.0 Å². The van der Waals surface area contributed by atoms with Crippen molar-refractivity contribution in [3.63, 3.8) is 0 Å². The molecule has 136 valence electrons. The average Bonchev–Trinajstić information content (AvgIpc) is 3.05. The number of nitrogens with zero attached hydrogens (tertiary/aromatic N) is 5. The van der Waals surface area contributed by atoms with Crippen molar-refractivity contribution in [3.05, 3.63) is 30.9 Å². The lowest BCUT2D eigenvalue weighted by molar-refractivity contribution is -0.107. The number of hydrogen-bond donors (Lipinski definition) is 1. The molecule has 4 rings (SSSR count). The van der Waals surface area contributed by atoms with Crippen LogP contribution in [0.2, 0.25) is 0 Å². The van der Waals surface area contributed by atoms with Crippen molar-refractivity contribution in [1.82, 2.24) is 30.0 Å². The predicted octanol–water partition coefficient (Wildman–Crippen LogP) is 1.57. The summed E-state index contributed by atoms with van der Waals surface area (Å²) in [5.41, 5.74) is 2.83. The van der Waals surface area contributed by atoms with Gasteiger partial charge in [-0.1, -0.05) is 0 Å².